The second-order valence-electron chi connectivity index (χ2n) is 6.14. The number of fused-ring (bicyclic) bond motifs is 3. The van der Waals surface area contributed by atoms with Crippen LogP contribution in [0.25, 0.3) is 11.0 Å². The molecule has 26 heavy (non-hydrogen) atoms. The fourth-order valence-electron chi connectivity index (χ4n) is 3.20. The predicted octanol–water partition coefficient (Wildman–Crippen LogP) is 3.53. The van der Waals surface area contributed by atoms with Crippen LogP contribution in [0.15, 0.2) is 46.9 Å². The lowest BCUT2D eigenvalue weighted by molar-refractivity contribution is 0.0709. The minimum atomic E-state index is -0.211. The smallest absolute Gasteiger partial charge is 0.289 e. The number of aromatic nitrogens is 2. The summed E-state index contributed by atoms with van der Waals surface area (Å²) in [7, 11) is 0. The van der Waals surface area contributed by atoms with Crippen LogP contribution in [0.5, 0.6) is 0 Å². The minimum Gasteiger partial charge on any atom is -0.334 e. The normalized spacial score (nSPS) is 13.8. The number of carbonyl (C=O) groups is 2. The maximum atomic E-state index is 12.5. The highest BCUT2D eigenvalue weighted by molar-refractivity contribution is 9.10. The van der Waals surface area contributed by atoms with E-state index in [-0.39, 0.29) is 11.8 Å². The van der Waals surface area contributed by atoms with E-state index in [1.54, 1.807) is 17.0 Å². The maximum Gasteiger partial charge on any atom is 0.289 e. The molecule has 0 aliphatic carbocycles. The summed E-state index contributed by atoms with van der Waals surface area (Å²) in [5.41, 5.74) is 2.76. The summed E-state index contributed by atoms with van der Waals surface area (Å²) < 4.78 is 2.83. The lowest BCUT2D eigenvalue weighted by Gasteiger charge is -2.26. The standard InChI is InChI=1S/C19H17BrN4O2/c1-2-23-8-9-24-16-7-6-12(10-15(16)22-17(24)19(23)26)18(25)21-14-5-3-4-13(20)11-14/h3-7,10-11H,2,8-9H2,1H3,(H,21,25). The van der Waals surface area contributed by atoms with E-state index in [4.69, 9.17) is 0 Å². The monoisotopic (exact) mass is 412 g/mol. The molecule has 1 aromatic heterocycles. The molecule has 0 fully saturated rings. The molecule has 0 bridgehead atoms. The first kappa shape index (κ1) is 16.8. The van der Waals surface area contributed by atoms with Gasteiger partial charge >= 0.3 is 0 Å². The Balaban J connectivity index is 1.66. The van der Waals surface area contributed by atoms with E-state index < -0.39 is 0 Å². The van der Waals surface area contributed by atoms with E-state index in [9.17, 15) is 9.59 Å². The van der Waals surface area contributed by atoms with Crippen LogP contribution >= 0.6 is 15.9 Å². The van der Waals surface area contributed by atoms with Crippen LogP contribution < -0.4 is 5.32 Å². The Hall–Kier alpha value is -2.67. The molecule has 1 aliphatic rings. The number of likely N-dealkylation sites (N-methyl/N-ethyl adjacent to an activating group) is 1. The zero-order chi connectivity index (χ0) is 18.3. The average molecular weight is 413 g/mol. The Morgan fingerprint density at radius 3 is 2.85 bits per heavy atom. The number of imidazole rings is 1. The second kappa shape index (κ2) is 6.57. The molecule has 2 heterocycles. The summed E-state index contributed by atoms with van der Waals surface area (Å²) in [4.78, 5) is 31.3. The largest absolute Gasteiger partial charge is 0.334 e. The summed E-state index contributed by atoms with van der Waals surface area (Å²) >= 11 is 3.39. The van der Waals surface area contributed by atoms with E-state index >= 15 is 0 Å². The third-order valence-electron chi connectivity index (χ3n) is 4.55. The van der Waals surface area contributed by atoms with Crippen molar-refractivity contribution in [1.29, 1.82) is 0 Å². The van der Waals surface area contributed by atoms with Gasteiger partial charge in [-0.25, -0.2) is 4.98 Å². The highest BCUT2D eigenvalue weighted by Crippen LogP contribution is 2.23. The second-order valence-corrected chi connectivity index (χ2v) is 7.06. The van der Waals surface area contributed by atoms with Gasteiger partial charge in [0, 0.05) is 35.4 Å². The van der Waals surface area contributed by atoms with Gasteiger partial charge in [0.15, 0.2) is 5.82 Å². The third kappa shape index (κ3) is 2.88. The minimum absolute atomic E-state index is 0.0601. The molecule has 0 saturated heterocycles. The Morgan fingerprint density at radius 1 is 1.23 bits per heavy atom. The first-order valence-electron chi connectivity index (χ1n) is 8.43. The van der Waals surface area contributed by atoms with Crippen LogP contribution in [0.2, 0.25) is 0 Å². The number of nitrogens with one attached hydrogen (secondary N) is 1. The lowest BCUT2D eigenvalue weighted by atomic mass is 10.2. The first-order chi connectivity index (χ1) is 12.6. The van der Waals surface area contributed by atoms with Gasteiger partial charge in [0.2, 0.25) is 0 Å². The molecule has 6 nitrogen and oxygen atoms in total. The van der Waals surface area contributed by atoms with Crippen LogP contribution in [0, 0.1) is 0 Å². The SMILES string of the molecule is CCN1CCn2c(nc3cc(C(=O)Nc4cccc(Br)c4)ccc32)C1=O. The number of nitrogens with zero attached hydrogens (tertiary/aromatic N) is 3. The van der Waals surface area contributed by atoms with E-state index in [0.29, 0.717) is 35.7 Å². The van der Waals surface area contributed by atoms with Crippen molar-refractivity contribution in [2.75, 3.05) is 18.4 Å². The van der Waals surface area contributed by atoms with Crippen LogP contribution in [-0.4, -0.2) is 39.4 Å². The maximum absolute atomic E-state index is 12.5. The Kier molecular flexibility index (Phi) is 4.24. The molecule has 0 saturated carbocycles. The van der Waals surface area contributed by atoms with Gasteiger partial charge < -0.3 is 14.8 Å². The number of benzene rings is 2. The van der Waals surface area contributed by atoms with Gasteiger partial charge in [-0.15, -0.1) is 0 Å². The van der Waals surface area contributed by atoms with E-state index in [2.05, 4.69) is 26.2 Å². The quantitative estimate of drug-likeness (QED) is 0.715. The average Bonchev–Trinajstić information content (AvgIpc) is 3.01. The van der Waals surface area contributed by atoms with Crippen molar-refractivity contribution in [1.82, 2.24) is 14.5 Å². The van der Waals surface area contributed by atoms with Gasteiger partial charge in [0.05, 0.1) is 11.0 Å². The molecule has 0 atom stereocenters. The Morgan fingerprint density at radius 2 is 2.08 bits per heavy atom. The van der Waals surface area contributed by atoms with E-state index in [1.165, 1.54) is 0 Å². The Bertz CT molecular complexity index is 1030. The van der Waals surface area contributed by atoms with Gasteiger partial charge in [-0.1, -0.05) is 22.0 Å². The van der Waals surface area contributed by atoms with Gasteiger partial charge in [-0.2, -0.15) is 0 Å². The summed E-state index contributed by atoms with van der Waals surface area (Å²) in [6.07, 6.45) is 0. The molecular weight excluding hydrogens is 396 g/mol. The molecule has 1 aliphatic heterocycles. The molecule has 1 N–H and O–H groups in total. The van der Waals surface area contributed by atoms with Crippen molar-refractivity contribution in [3.8, 4) is 0 Å². The Labute approximate surface area is 158 Å². The molecule has 0 unspecified atom stereocenters. The van der Waals surface area contributed by atoms with Crippen molar-refractivity contribution in [2.24, 2.45) is 0 Å². The molecule has 0 spiro atoms. The number of rotatable bonds is 3. The van der Waals surface area contributed by atoms with Crippen molar-refractivity contribution in [2.45, 2.75) is 13.5 Å². The van der Waals surface area contributed by atoms with Gasteiger partial charge in [-0.3, -0.25) is 9.59 Å². The highest BCUT2D eigenvalue weighted by atomic mass is 79.9. The van der Waals surface area contributed by atoms with Crippen LogP contribution in [0.1, 0.15) is 27.9 Å². The fraction of sp³-hybridized carbons (Fsp3) is 0.211. The molecular formula is C19H17BrN4O2. The highest BCUT2D eigenvalue weighted by Gasteiger charge is 2.27. The number of amides is 2. The molecule has 7 heteroatoms. The first-order valence-corrected chi connectivity index (χ1v) is 9.22. The number of carbonyl (C=O) groups excluding carboxylic acids is 2. The third-order valence-corrected chi connectivity index (χ3v) is 5.04. The number of halogens is 1. The van der Waals surface area contributed by atoms with Crippen LogP contribution in [0.3, 0.4) is 0 Å². The molecule has 2 amide bonds. The van der Waals surface area contributed by atoms with Crippen molar-refractivity contribution in [3.63, 3.8) is 0 Å². The van der Waals surface area contributed by atoms with Gasteiger partial charge in [-0.05, 0) is 43.3 Å². The summed E-state index contributed by atoms with van der Waals surface area (Å²) in [5.74, 6) is 0.171. The van der Waals surface area contributed by atoms with Crippen LogP contribution in [0.4, 0.5) is 5.69 Å². The molecule has 2 aromatic carbocycles. The summed E-state index contributed by atoms with van der Waals surface area (Å²) in [6, 6.07) is 12.8. The molecule has 4 rings (SSSR count). The van der Waals surface area contributed by atoms with E-state index in [1.807, 2.05) is 41.8 Å². The molecule has 0 radical (unpaired) electrons. The van der Waals surface area contributed by atoms with Crippen molar-refractivity contribution < 1.29 is 9.59 Å². The van der Waals surface area contributed by atoms with Crippen molar-refractivity contribution in [3.05, 3.63) is 58.3 Å². The fourth-order valence-corrected chi connectivity index (χ4v) is 3.59. The zero-order valence-electron chi connectivity index (χ0n) is 14.2. The lowest BCUT2D eigenvalue weighted by Crippen LogP contribution is -2.40. The topological polar surface area (TPSA) is 67.2 Å². The predicted molar refractivity (Wildman–Crippen MR) is 103 cm³/mol. The molecule has 132 valence electrons. The van der Waals surface area contributed by atoms with Gasteiger partial charge in [0.1, 0.15) is 0 Å². The number of hydrogen-bond acceptors (Lipinski definition) is 3. The van der Waals surface area contributed by atoms with Crippen LogP contribution in [-0.2, 0) is 6.54 Å². The summed E-state index contributed by atoms with van der Waals surface area (Å²) in [6.45, 7) is 4.02. The number of anilines is 1. The van der Waals surface area contributed by atoms with E-state index in [0.717, 1.165) is 16.5 Å². The molecule has 3 aromatic rings. The summed E-state index contributed by atoms with van der Waals surface area (Å²) in [5, 5.41) is 2.87. The number of hydrogen-bond donors (Lipinski definition) is 1. The zero-order valence-corrected chi connectivity index (χ0v) is 15.8. The van der Waals surface area contributed by atoms with Crippen molar-refractivity contribution >= 4 is 44.5 Å². The van der Waals surface area contributed by atoms with Gasteiger partial charge in [0.25, 0.3) is 11.8 Å².